The summed E-state index contributed by atoms with van der Waals surface area (Å²) in [6.45, 7) is 6.36. The molecule has 182 valence electrons. The first kappa shape index (κ1) is 25.9. The number of hydrogen-bond donors (Lipinski definition) is 1. The smallest absolute Gasteiger partial charge is 0.376 e. The van der Waals surface area contributed by atoms with Gasteiger partial charge >= 0.3 is 15.6 Å². The van der Waals surface area contributed by atoms with Crippen molar-refractivity contribution in [2.24, 2.45) is 0 Å². The van der Waals surface area contributed by atoms with E-state index in [1.54, 1.807) is 48.2 Å². The maximum Gasteiger partial charge on any atom is 0.534 e. The summed E-state index contributed by atoms with van der Waals surface area (Å²) in [7, 11) is -5.81. The van der Waals surface area contributed by atoms with E-state index in [2.05, 4.69) is 30.3 Å². The van der Waals surface area contributed by atoms with Crippen LogP contribution in [0.2, 0.25) is 0 Å². The van der Waals surface area contributed by atoms with E-state index in [0.29, 0.717) is 16.5 Å². The first-order valence-corrected chi connectivity index (χ1v) is 12.6. The van der Waals surface area contributed by atoms with Gasteiger partial charge in [-0.25, -0.2) is 0 Å². The van der Waals surface area contributed by atoms with Crippen LogP contribution in [-0.4, -0.2) is 31.1 Å². The van der Waals surface area contributed by atoms with Gasteiger partial charge in [-0.3, -0.25) is 4.79 Å². The van der Waals surface area contributed by atoms with Gasteiger partial charge in [-0.15, -0.1) is 11.8 Å². The number of fused-ring (bicyclic) bond motifs is 1. The minimum absolute atomic E-state index is 0.0681. The molecule has 0 fully saturated rings. The largest absolute Gasteiger partial charge is 0.534 e. The molecule has 5 nitrogen and oxygen atoms in total. The lowest BCUT2D eigenvalue weighted by Gasteiger charge is -2.19. The van der Waals surface area contributed by atoms with E-state index in [1.807, 2.05) is 12.1 Å². The Morgan fingerprint density at radius 3 is 2.29 bits per heavy atom. The van der Waals surface area contributed by atoms with Crippen LogP contribution in [0.4, 0.5) is 13.2 Å². The molecule has 0 aliphatic rings. The van der Waals surface area contributed by atoms with Crippen LogP contribution in [0.25, 0.3) is 10.8 Å². The van der Waals surface area contributed by atoms with Gasteiger partial charge in [-0.1, -0.05) is 45.0 Å². The molecule has 0 saturated heterocycles. The molecule has 0 spiro atoms. The standard InChI is InChI=1S/C24H24F3NO4S2/c1-23(2,3)33-20-10-9-17-13-19(32-34(30,31)24(25,26)27)14-18(21(17)15-20)11-12-28-22(29)16-7-5-4-6-8-16/h4-10,13-15H,11-12H2,1-3H3,(H,28,29). The number of nitrogens with one attached hydrogen (secondary N) is 1. The summed E-state index contributed by atoms with van der Waals surface area (Å²) in [5, 5.41) is 4.04. The van der Waals surface area contributed by atoms with Gasteiger partial charge in [-0.2, -0.15) is 21.6 Å². The molecule has 0 heterocycles. The monoisotopic (exact) mass is 511 g/mol. The van der Waals surface area contributed by atoms with E-state index in [4.69, 9.17) is 0 Å². The predicted molar refractivity (Wildman–Crippen MR) is 128 cm³/mol. The summed E-state index contributed by atoms with van der Waals surface area (Å²) in [5.74, 6) is -0.730. The van der Waals surface area contributed by atoms with Gasteiger partial charge in [0.25, 0.3) is 5.91 Å². The molecule has 0 aliphatic heterocycles. The van der Waals surface area contributed by atoms with Crippen LogP contribution >= 0.6 is 11.8 Å². The van der Waals surface area contributed by atoms with Gasteiger partial charge in [-0.05, 0) is 59.2 Å². The Labute approximate surface area is 200 Å². The number of rotatable bonds is 7. The highest BCUT2D eigenvalue weighted by molar-refractivity contribution is 8.00. The summed E-state index contributed by atoms with van der Waals surface area (Å²) in [5.41, 5.74) is -4.52. The molecule has 0 radical (unpaired) electrons. The number of alkyl halides is 3. The molecule has 0 aliphatic carbocycles. The maximum atomic E-state index is 12.8. The van der Waals surface area contributed by atoms with Crippen molar-refractivity contribution in [1.82, 2.24) is 5.32 Å². The second-order valence-corrected chi connectivity index (χ2v) is 12.0. The fourth-order valence-corrected chi connectivity index (χ4v) is 4.70. The van der Waals surface area contributed by atoms with Crippen molar-refractivity contribution in [1.29, 1.82) is 0 Å². The first-order valence-electron chi connectivity index (χ1n) is 10.3. The first-order chi connectivity index (χ1) is 15.7. The van der Waals surface area contributed by atoms with E-state index in [-0.39, 0.29) is 23.6 Å². The Hall–Kier alpha value is -2.72. The van der Waals surface area contributed by atoms with E-state index < -0.39 is 21.4 Å². The molecule has 3 rings (SSSR count). The predicted octanol–water partition coefficient (Wildman–Crippen LogP) is 5.93. The van der Waals surface area contributed by atoms with Crippen molar-refractivity contribution in [2.45, 2.75) is 42.3 Å². The molecule has 3 aromatic rings. The molecule has 0 atom stereocenters. The van der Waals surface area contributed by atoms with Crippen molar-refractivity contribution in [3.05, 3.63) is 71.8 Å². The zero-order valence-electron chi connectivity index (χ0n) is 18.8. The molecule has 0 saturated carbocycles. The molecule has 1 N–H and O–H groups in total. The van der Waals surface area contributed by atoms with Crippen LogP contribution in [-0.2, 0) is 16.5 Å². The molecule has 1 amide bonds. The summed E-state index contributed by atoms with van der Waals surface area (Å²) < 4.78 is 65.9. The Morgan fingerprint density at radius 1 is 1.00 bits per heavy atom. The third-order valence-corrected chi connectivity index (χ3v) is 6.70. The average molecular weight is 512 g/mol. The molecular weight excluding hydrogens is 487 g/mol. The summed E-state index contributed by atoms with van der Waals surface area (Å²) in [6, 6.07) is 16.6. The van der Waals surface area contributed by atoms with Crippen LogP contribution in [0.3, 0.4) is 0 Å². The van der Waals surface area contributed by atoms with Gasteiger partial charge in [0.15, 0.2) is 0 Å². The molecular formula is C24H24F3NO4S2. The second-order valence-electron chi connectivity index (χ2n) is 8.53. The van der Waals surface area contributed by atoms with Crippen molar-refractivity contribution in [3.8, 4) is 5.75 Å². The third kappa shape index (κ3) is 6.66. The lowest BCUT2D eigenvalue weighted by Crippen LogP contribution is -2.28. The minimum atomic E-state index is -5.81. The fourth-order valence-electron chi connectivity index (χ4n) is 3.23. The Morgan fingerprint density at radius 2 is 1.68 bits per heavy atom. The van der Waals surface area contributed by atoms with Crippen LogP contribution in [0.15, 0.2) is 65.6 Å². The van der Waals surface area contributed by atoms with E-state index in [1.165, 1.54) is 12.1 Å². The summed E-state index contributed by atoms with van der Waals surface area (Å²) in [6.07, 6.45) is 0.252. The van der Waals surface area contributed by atoms with E-state index in [0.717, 1.165) is 10.3 Å². The third-order valence-electron chi connectivity index (χ3n) is 4.61. The SMILES string of the molecule is CC(C)(C)Sc1ccc2cc(OS(=O)(=O)C(F)(F)F)cc(CCNC(=O)c3ccccc3)c2c1. The van der Waals surface area contributed by atoms with Gasteiger partial charge in [0.1, 0.15) is 5.75 Å². The minimum Gasteiger partial charge on any atom is -0.376 e. The van der Waals surface area contributed by atoms with Crippen LogP contribution in [0.1, 0.15) is 36.7 Å². The molecule has 10 heteroatoms. The Balaban J connectivity index is 1.93. The lowest BCUT2D eigenvalue weighted by molar-refractivity contribution is -0.0500. The quantitative estimate of drug-likeness (QED) is 0.242. The average Bonchev–Trinajstić information content (AvgIpc) is 2.72. The zero-order valence-corrected chi connectivity index (χ0v) is 20.4. The van der Waals surface area contributed by atoms with Crippen LogP contribution in [0.5, 0.6) is 5.75 Å². The highest BCUT2D eigenvalue weighted by atomic mass is 32.2. The lowest BCUT2D eigenvalue weighted by atomic mass is 10.0. The van der Waals surface area contributed by atoms with Crippen molar-refractivity contribution in [2.75, 3.05) is 6.54 Å². The number of carbonyl (C=O) groups excluding carboxylic acids is 1. The van der Waals surface area contributed by atoms with Gasteiger partial charge < -0.3 is 9.50 Å². The topological polar surface area (TPSA) is 72.5 Å². The number of amides is 1. The zero-order chi connectivity index (χ0) is 25.1. The number of carbonyl (C=O) groups is 1. The number of hydrogen-bond acceptors (Lipinski definition) is 5. The molecule has 0 bridgehead atoms. The molecule has 0 unspecified atom stereocenters. The maximum absolute atomic E-state index is 12.8. The van der Waals surface area contributed by atoms with Crippen LogP contribution in [0, 0.1) is 0 Å². The van der Waals surface area contributed by atoms with Gasteiger partial charge in [0, 0.05) is 21.8 Å². The highest BCUT2D eigenvalue weighted by Crippen LogP contribution is 2.36. The Bertz CT molecular complexity index is 1290. The number of halogens is 3. The number of benzene rings is 3. The van der Waals surface area contributed by atoms with Gasteiger partial charge in [0.05, 0.1) is 0 Å². The van der Waals surface area contributed by atoms with Crippen molar-refractivity contribution < 1.29 is 30.6 Å². The van der Waals surface area contributed by atoms with Crippen molar-refractivity contribution >= 4 is 38.6 Å². The molecule has 3 aromatic carbocycles. The molecule has 34 heavy (non-hydrogen) atoms. The highest BCUT2D eigenvalue weighted by Gasteiger charge is 2.48. The fraction of sp³-hybridized carbons (Fsp3) is 0.292. The van der Waals surface area contributed by atoms with E-state index >= 15 is 0 Å². The van der Waals surface area contributed by atoms with Crippen LogP contribution < -0.4 is 9.50 Å². The van der Waals surface area contributed by atoms with E-state index in [9.17, 15) is 26.4 Å². The van der Waals surface area contributed by atoms with Crippen molar-refractivity contribution in [3.63, 3.8) is 0 Å². The number of thioether (sulfide) groups is 1. The normalized spacial score (nSPS) is 12.5. The second kappa shape index (κ2) is 9.87. The summed E-state index contributed by atoms with van der Waals surface area (Å²) >= 11 is 1.62. The Kier molecular flexibility index (Phi) is 7.52. The summed E-state index contributed by atoms with van der Waals surface area (Å²) in [4.78, 5) is 13.3. The molecule has 0 aromatic heterocycles. The van der Waals surface area contributed by atoms with Gasteiger partial charge in [0.2, 0.25) is 0 Å².